The molecule has 0 radical (unpaired) electrons. The highest BCUT2D eigenvalue weighted by Crippen LogP contribution is 2.13. The molecule has 0 amide bonds. The van der Waals surface area contributed by atoms with Gasteiger partial charge in [0.2, 0.25) is 0 Å². The fourth-order valence-electron chi connectivity index (χ4n) is 2.59. The predicted octanol–water partition coefficient (Wildman–Crippen LogP) is 3.67. The second kappa shape index (κ2) is 7.66. The van der Waals surface area contributed by atoms with Gasteiger partial charge in [0.1, 0.15) is 0 Å². The van der Waals surface area contributed by atoms with E-state index < -0.39 is 0 Å². The fourth-order valence-corrected chi connectivity index (χ4v) is 2.59. The lowest BCUT2D eigenvalue weighted by molar-refractivity contribution is 0.863. The number of guanidine groups is 1. The number of hydrogen-bond acceptors (Lipinski definition) is 2. The van der Waals surface area contributed by atoms with Crippen molar-refractivity contribution in [1.82, 2.24) is 9.78 Å². The Kier molecular flexibility index (Phi) is 5.14. The first kappa shape index (κ1) is 16.8. The molecule has 0 spiro atoms. The molecular formula is C20H23N5. The number of nitrogens with one attached hydrogen (secondary N) is 1. The van der Waals surface area contributed by atoms with Crippen LogP contribution in [0.2, 0.25) is 0 Å². The zero-order chi connectivity index (χ0) is 17.6. The smallest absolute Gasteiger partial charge is 0.193 e. The SMILES string of the molecule is CCc1cccc(NC(N)=NCc2cn(-c3ccccc3)nc2C)c1. The van der Waals surface area contributed by atoms with Gasteiger partial charge in [0.25, 0.3) is 0 Å². The quantitative estimate of drug-likeness (QED) is 0.553. The molecule has 0 saturated carbocycles. The van der Waals surface area contributed by atoms with E-state index in [1.165, 1.54) is 5.56 Å². The van der Waals surface area contributed by atoms with Crippen LogP contribution in [0.4, 0.5) is 5.69 Å². The van der Waals surface area contributed by atoms with E-state index in [1.807, 2.05) is 60.3 Å². The first-order valence-corrected chi connectivity index (χ1v) is 8.42. The van der Waals surface area contributed by atoms with Crippen LogP contribution >= 0.6 is 0 Å². The van der Waals surface area contributed by atoms with Crippen LogP contribution < -0.4 is 11.1 Å². The molecule has 0 aliphatic rings. The molecule has 0 bridgehead atoms. The van der Waals surface area contributed by atoms with Gasteiger partial charge in [0.15, 0.2) is 5.96 Å². The molecule has 3 N–H and O–H groups in total. The Bertz CT molecular complexity index is 865. The lowest BCUT2D eigenvalue weighted by Gasteiger charge is -2.07. The normalized spacial score (nSPS) is 11.5. The Balaban J connectivity index is 1.70. The van der Waals surface area contributed by atoms with Gasteiger partial charge >= 0.3 is 0 Å². The Labute approximate surface area is 148 Å². The van der Waals surface area contributed by atoms with Gasteiger partial charge in [-0.3, -0.25) is 0 Å². The van der Waals surface area contributed by atoms with Crippen LogP contribution in [0.3, 0.4) is 0 Å². The van der Waals surface area contributed by atoms with Gasteiger partial charge in [0, 0.05) is 17.4 Å². The highest BCUT2D eigenvalue weighted by atomic mass is 15.3. The molecule has 128 valence electrons. The first-order chi connectivity index (χ1) is 12.2. The van der Waals surface area contributed by atoms with Crippen molar-refractivity contribution in [3.8, 4) is 5.69 Å². The van der Waals surface area contributed by atoms with Crippen molar-refractivity contribution in [2.24, 2.45) is 10.7 Å². The fraction of sp³-hybridized carbons (Fsp3) is 0.200. The number of benzene rings is 2. The average Bonchev–Trinajstić information content (AvgIpc) is 3.02. The van der Waals surface area contributed by atoms with E-state index >= 15 is 0 Å². The van der Waals surface area contributed by atoms with E-state index in [4.69, 9.17) is 5.73 Å². The number of nitrogens with two attached hydrogens (primary N) is 1. The van der Waals surface area contributed by atoms with Crippen LogP contribution in [-0.4, -0.2) is 15.7 Å². The molecule has 0 aliphatic carbocycles. The summed E-state index contributed by atoms with van der Waals surface area (Å²) in [4.78, 5) is 4.44. The van der Waals surface area contributed by atoms with Crippen molar-refractivity contribution in [2.75, 3.05) is 5.32 Å². The molecule has 3 rings (SSSR count). The number of aromatic nitrogens is 2. The summed E-state index contributed by atoms with van der Waals surface area (Å²) < 4.78 is 1.87. The number of para-hydroxylation sites is 1. The van der Waals surface area contributed by atoms with Crippen LogP contribution in [0.15, 0.2) is 65.8 Å². The van der Waals surface area contributed by atoms with Crippen LogP contribution in [0.1, 0.15) is 23.7 Å². The predicted molar refractivity (Wildman–Crippen MR) is 103 cm³/mol. The van der Waals surface area contributed by atoms with Gasteiger partial charge in [-0.1, -0.05) is 37.3 Å². The Morgan fingerprint density at radius 3 is 2.72 bits per heavy atom. The van der Waals surface area contributed by atoms with Crippen LogP contribution in [-0.2, 0) is 13.0 Å². The van der Waals surface area contributed by atoms with E-state index in [1.54, 1.807) is 0 Å². The third-order valence-electron chi connectivity index (χ3n) is 4.05. The van der Waals surface area contributed by atoms with Crippen molar-refractivity contribution >= 4 is 11.6 Å². The second-order valence-corrected chi connectivity index (χ2v) is 5.90. The number of aliphatic imine (C=N–C) groups is 1. The molecule has 1 heterocycles. The summed E-state index contributed by atoms with van der Waals surface area (Å²) >= 11 is 0. The summed E-state index contributed by atoms with van der Waals surface area (Å²) in [6.45, 7) is 4.60. The lowest BCUT2D eigenvalue weighted by atomic mass is 10.1. The molecule has 3 aromatic rings. The van der Waals surface area contributed by atoms with Crippen molar-refractivity contribution in [1.29, 1.82) is 0 Å². The maximum atomic E-state index is 6.02. The van der Waals surface area contributed by atoms with E-state index in [0.29, 0.717) is 12.5 Å². The number of nitrogens with zero attached hydrogens (tertiary/aromatic N) is 3. The number of anilines is 1. The van der Waals surface area contributed by atoms with E-state index in [0.717, 1.165) is 29.1 Å². The summed E-state index contributed by atoms with van der Waals surface area (Å²) in [6, 6.07) is 18.2. The monoisotopic (exact) mass is 333 g/mol. The minimum Gasteiger partial charge on any atom is -0.370 e. The molecule has 0 unspecified atom stereocenters. The van der Waals surface area contributed by atoms with Gasteiger partial charge in [-0.25, -0.2) is 9.67 Å². The second-order valence-electron chi connectivity index (χ2n) is 5.90. The summed E-state index contributed by atoms with van der Waals surface area (Å²) in [6.07, 6.45) is 2.99. The average molecular weight is 333 g/mol. The summed E-state index contributed by atoms with van der Waals surface area (Å²) in [7, 11) is 0. The Hall–Kier alpha value is -3.08. The Morgan fingerprint density at radius 2 is 1.96 bits per heavy atom. The van der Waals surface area contributed by atoms with E-state index in [2.05, 4.69) is 34.5 Å². The molecule has 0 saturated heterocycles. The minimum absolute atomic E-state index is 0.403. The number of hydrogen-bond donors (Lipinski definition) is 2. The maximum absolute atomic E-state index is 6.02. The highest BCUT2D eigenvalue weighted by molar-refractivity contribution is 5.92. The van der Waals surface area contributed by atoms with Gasteiger partial charge in [0.05, 0.1) is 17.9 Å². The summed E-state index contributed by atoms with van der Waals surface area (Å²) in [5, 5.41) is 7.70. The molecule has 0 atom stereocenters. The third kappa shape index (κ3) is 4.26. The molecule has 5 heteroatoms. The zero-order valence-electron chi connectivity index (χ0n) is 14.6. The number of aryl methyl sites for hydroxylation is 2. The summed E-state index contributed by atoms with van der Waals surface area (Å²) in [5.41, 5.74) is 11.3. The number of rotatable bonds is 5. The van der Waals surface area contributed by atoms with Gasteiger partial charge < -0.3 is 11.1 Å². The van der Waals surface area contributed by atoms with E-state index in [9.17, 15) is 0 Å². The third-order valence-corrected chi connectivity index (χ3v) is 4.05. The molecule has 1 aromatic heterocycles. The molecule has 0 fully saturated rings. The maximum Gasteiger partial charge on any atom is 0.193 e. The topological polar surface area (TPSA) is 68.2 Å². The summed E-state index contributed by atoms with van der Waals surface area (Å²) in [5.74, 6) is 0.403. The molecule has 25 heavy (non-hydrogen) atoms. The van der Waals surface area contributed by atoms with Crippen molar-refractivity contribution in [3.63, 3.8) is 0 Å². The first-order valence-electron chi connectivity index (χ1n) is 8.42. The Morgan fingerprint density at radius 1 is 1.16 bits per heavy atom. The highest BCUT2D eigenvalue weighted by Gasteiger charge is 2.06. The van der Waals surface area contributed by atoms with Crippen LogP contribution in [0.5, 0.6) is 0 Å². The van der Waals surface area contributed by atoms with E-state index in [-0.39, 0.29) is 0 Å². The largest absolute Gasteiger partial charge is 0.370 e. The van der Waals surface area contributed by atoms with Crippen LogP contribution in [0, 0.1) is 6.92 Å². The molecular weight excluding hydrogens is 310 g/mol. The zero-order valence-corrected chi connectivity index (χ0v) is 14.6. The molecule has 2 aromatic carbocycles. The van der Waals surface area contributed by atoms with Crippen molar-refractivity contribution < 1.29 is 0 Å². The minimum atomic E-state index is 0.403. The van der Waals surface area contributed by atoms with Crippen molar-refractivity contribution in [2.45, 2.75) is 26.8 Å². The lowest BCUT2D eigenvalue weighted by Crippen LogP contribution is -2.22. The van der Waals surface area contributed by atoms with Crippen molar-refractivity contribution in [3.05, 3.63) is 77.6 Å². The molecule has 5 nitrogen and oxygen atoms in total. The van der Waals surface area contributed by atoms with Gasteiger partial charge in [-0.05, 0) is 43.2 Å². The van der Waals surface area contributed by atoms with Crippen LogP contribution in [0.25, 0.3) is 5.69 Å². The van der Waals surface area contributed by atoms with Gasteiger partial charge in [-0.2, -0.15) is 5.10 Å². The molecule has 0 aliphatic heterocycles. The van der Waals surface area contributed by atoms with Gasteiger partial charge in [-0.15, -0.1) is 0 Å². The standard InChI is InChI=1S/C20H23N5/c1-3-16-8-7-9-18(12-16)23-20(21)22-13-17-14-25(24-15(17)2)19-10-5-4-6-11-19/h4-12,14H,3,13H2,1-2H3,(H3,21,22,23).